The molecule has 3 heteroatoms. The summed E-state index contributed by atoms with van der Waals surface area (Å²) < 4.78 is 5.03. The molecule has 1 heterocycles. The van der Waals surface area contributed by atoms with Crippen LogP contribution < -0.4 is 4.90 Å². The Morgan fingerprint density at radius 2 is 2.00 bits per heavy atom. The zero-order chi connectivity index (χ0) is 15.8. The molecular weight excluding hydrogens is 262 g/mol. The van der Waals surface area contributed by atoms with E-state index in [2.05, 4.69) is 56.9 Å². The lowest BCUT2D eigenvalue weighted by Gasteiger charge is -2.47. The lowest BCUT2D eigenvalue weighted by Crippen LogP contribution is -2.54. The molecule has 1 aromatic carbocycles. The minimum absolute atomic E-state index is 0.173. The summed E-state index contributed by atoms with van der Waals surface area (Å²) in [4.78, 5) is 14.5. The summed E-state index contributed by atoms with van der Waals surface area (Å²) in [6.45, 7) is 10.6. The number of anilines is 1. The van der Waals surface area contributed by atoms with E-state index in [1.807, 2.05) is 6.92 Å². The van der Waals surface area contributed by atoms with Crippen LogP contribution in [0.1, 0.15) is 45.2 Å². The van der Waals surface area contributed by atoms with E-state index in [1.54, 1.807) is 0 Å². The molecule has 21 heavy (non-hydrogen) atoms. The quantitative estimate of drug-likeness (QED) is 0.788. The van der Waals surface area contributed by atoms with E-state index in [9.17, 15) is 4.79 Å². The Labute approximate surface area is 127 Å². The first kappa shape index (κ1) is 15.6. The first-order valence-electron chi connectivity index (χ1n) is 7.50. The number of nitrogens with zero attached hydrogens (tertiary/aromatic N) is 1. The second-order valence-electron chi connectivity index (χ2n) is 6.27. The fourth-order valence-corrected chi connectivity index (χ4v) is 3.41. The Kier molecular flexibility index (Phi) is 4.13. The topological polar surface area (TPSA) is 29.5 Å². The van der Waals surface area contributed by atoms with Crippen LogP contribution in [-0.4, -0.2) is 24.7 Å². The van der Waals surface area contributed by atoms with Crippen LogP contribution in [0.4, 0.5) is 5.69 Å². The van der Waals surface area contributed by atoms with Crippen molar-refractivity contribution in [1.82, 2.24) is 0 Å². The molecule has 0 radical (unpaired) electrons. The van der Waals surface area contributed by atoms with Gasteiger partial charge in [0.2, 0.25) is 0 Å². The van der Waals surface area contributed by atoms with Gasteiger partial charge < -0.3 is 9.64 Å². The van der Waals surface area contributed by atoms with Crippen LogP contribution in [0.3, 0.4) is 0 Å². The number of rotatable bonds is 3. The second-order valence-corrected chi connectivity index (χ2v) is 6.27. The Balaban J connectivity index is 2.67. The zero-order valence-electron chi connectivity index (χ0n) is 13.9. The van der Waals surface area contributed by atoms with Crippen LogP contribution in [0, 0.1) is 6.92 Å². The SMILES string of the molecule is CCC(C(=O)OC)N1c2c(C)cccc2C(C)=CC1(C)C. The maximum absolute atomic E-state index is 12.2. The summed E-state index contributed by atoms with van der Waals surface area (Å²) in [6.07, 6.45) is 2.96. The van der Waals surface area contributed by atoms with Gasteiger partial charge in [-0.05, 0) is 45.3 Å². The molecule has 1 unspecified atom stereocenters. The molecular formula is C18H25NO2. The summed E-state index contributed by atoms with van der Waals surface area (Å²) in [5.74, 6) is -0.173. The van der Waals surface area contributed by atoms with Gasteiger partial charge in [-0.3, -0.25) is 0 Å². The smallest absolute Gasteiger partial charge is 0.328 e. The van der Waals surface area contributed by atoms with Gasteiger partial charge in [0.25, 0.3) is 0 Å². The normalized spacial score (nSPS) is 17.8. The number of para-hydroxylation sites is 1. The monoisotopic (exact) mass is 287 g/mol. The van der Waals surface area contributed by atoms with E-state index >= 15 is 0 Å². The molecule has 2 rings (SSSR count). The maximum Gasteiger partial charge on any atom is 0.328 e. The molecule has 0 amide bonds. The van der Waals surface area contributed by atoms with Crippen molar-refractivity contribution >= 4 is 17.2 Å². The third-order valence-electron chi connectivity index (χ3n) is 4.27. The molecule has 0 aromatic heterocycles. The Morgan fingerprint density at radius 3 is 2.57 bits per heavy atom. The highest BCUT2D eigenvalue weighted by atomic mass is 16.5. The van der Waals surface area contributed by atoms with Crippen molar-refractivity contribution in [3.8, 4) is 0 Å². The fourth-order valence-electron chi connectivity index (χ4n) is 3.41. The molecule has 0 saturated heterocycles. The van der Waals surface area contributed by atoms with Gasteiger partial charge in [0, 0.05) is 11.3 Å². The van der Waals surface area contributed by atoms with Crippen molar-refractivity contribution in [3.05, 3.63) is 35.4 Å². The second kappa shape index (κ2) is 5.55. The number of methoxy groups -OCH3 is 1. The minimum atomic E-state index is -0.269. The highest BCUT2D eigenvalue weighted by Gasteiger charge is 2.39. The molecule has 1 atom stereocenters. The van der Waals surface area contributed by atoms with Crippen LogP contribution >= 0.6 is 0 Å². The van der Waals surface area contributed by atoms with Crippen molar-refractivity contribution in [3.63, 3.8) is 0 Å². The largest absolute Gasteiger partial charge is 0.467 e. The summed E-state index contributed by atoms with van der Waals surface area (Å²) in [5.41, 5.74) is 4.58. The molecule has 0 spiro atoms. The van der Waals surface area contributed by atoms with Crippen molar-refractivity contribution in [2.24, 2.45) is 0 Å². The van der Waals surface area contributed by atoms with Gasteiger partial charge >= 0.3 is 5.97 Å². The van der Waals surface area contributed by atoms with E-state index in [1.165, 1.54) is 23.8 Å². The molecule has 0 aliphatic carbocycles. The van der Waals surface area contributed by atoms with Crippen molar-refractivity contribution in [1.29, 1.82) is 0 Å². The van der Waals surface area contributed by atoms with Gasteiger partial charge in [0.05, 0.1) is 12.6 Å². The van der Waals surface area contributed by atoms with Crippen LogP contribution in [0.2, 0.25) is 0 Å². The van der Waals surface area contributed by atoms with Crippen LogP contribution in [0.15, 0.2) is 24.3 Å². The number of allylic oxidation sites excluding steroid dienone is 1. The van der Waals surface area contributed by atoms with Gasteiger partial charge in [-0.1, -0.05) is 31.2 Å². The molecule has 3 nitrogen and oxygen atoms in total. The number of esters is 1. The zero-order valence-corrected chi connectivity index (χ0v) is 13.9. The Morgan fingerprint density at radius 1 is 1.33 bits per heavy atom. The first-order chi connectivity index (χ1) is 9.83. The predicted molar refractivity (Wildman–Crippen MR) is 87.5 cm³/mol. The molecule has 1 aliphatic heterocycles. The fraction of sp³-hybridized carbons (Fsp3) is 0.500. The van der Waals surface area contributed by atoms with Gasteiger partial charge in [-0.25, -0.2) is 4.79 Å². The number of ether oxygens (including phenoxy) is 1. The lowest BCUT2D eigenvalue weighted by molar-refractivity contribution is -0.142. The first-order valence-corrected chi connectivity index (χ1v) is 7.50. The average Bonchev–Trinajstić information content (AvgIpc) is 2.42. The van der Waals surface area contributed by atoms with Crippen molar-refractivity contribution < 1.29 is 9.53 Å². The van der Waals surface area contributed by atoms with Crippen LogP contribution in [-0.2, 0) is 9.53 Å². The van der Waals surface area contributed by atoms with E-state index in [0.29, 0.717) is 0 Å². The molecule has 0 bridgehead atoms. The molecule has 0 N–H and O–H groups in total. The van der Waals surface area contributed by atoms with Crippen LogP contribution in [0.5, 0.6) is 0 Å². The van der Waals surface area contributed by atoms with E-state index in [0.717, 1.165) is 12.1 Å². The Bertz CT molecular complexity index is 587. The Hall–Kier alpha value is -1.77. The van der Waals surface area contributed by atoms with E-state index < -0.39 is 0 Å². The molecule has 114 valence electrons. The number of fused-ring (bicyclic) bond motifs is 1. The van der Waals surface area contributed by atoms with Gasteiger partial charge in [-0.15, -0.1) is 0 Å². The standard InChI is InChI=1S/C18H25NO2/c1-7-15(17(20)21-6)19-16-12(2)9-8-10-14(16)13(3)11-18(19,4)5/h8-11,15H,7H2,1-6H3. The lowest BCUT2D eigenvalue weighted by atomic mass is 9.85. The summed E-state index contributed by atoms with van der Waals surface area (Å²) in [5, 5.41) is 0. The molecule has 0 fully saturated rings. The van der Waals surface area contributed by atoms with Gasteiger partial charge in [0.15, 0.2) is 0 Å². The third kappa shape index (κ3) is 2.57. The average molecular weight is 287 g/mol. The number of carbonyl (C=O) groups is 1. The maximum atomic E-state index is 12.2. The van der Waals surface area contributed by atoms with Crippen molar-refractivity contribution in [2.45, 2.75) is 52.6 Å². The summed E-state index contributed by atoms with van der Waals surface area (Å²) >= 11 is 0. The van der Waals surface area contributed by atoms with Crippen LogP contribution in [0.25, 0.3) is 5.57 Å². The number of carbonyl (C=O) groups excluding carboxylic acids is 1. The van der Waals surface area contributed by atoms with Gasteiger partial charge in [-0.2, -0.15) is 0 Å². The summed E-state index contributed by atoms with van der Waals surface area (Å²) in [7, 11) is 1.46. The highest BCUT2D eigenvalue weighted by molar-refractivity contribution is 5.88. The number of hydrogen-bond donors (Lipinski definition) is 0. The van der Waals surface area contributed by atoms with E-state index in [-0.39, 0.29) is 17.6 Å². The van der Waals surface area contributed by atoms with Crippen molar-refractivity contribution in [2.75, 3.05) is 12.0 Å². The minimum Gasteiger partial charge on any atom is -0.467 e. The number of hydrogen-bond acceptors (Lipinski definition) is 3. The van der Waals surface area contributed by atoms with Gasteiger partial charge in [0.1, 0.15) is 6.04 Å². The molecule has 1 aliphatic rings. The highest BCUT2D eigenvalue weighted by Crippen LogP contribution is 2.42. The third-order valence-corrected chi connectivity index (χ3v) is 4.27. The molecule has 0 saturated carbocycles. The number of benzene rings is 1. The molecule has 1 aromatic rings. The number of aryl methyl sites for hydroxylation is 1. The van der Waals surface area contributed by atoms with E-state index in [4.69, 9.17) is 4.74 Å². The predicted octanol–water partition coefficient (Wildman–Crippen LogP) is 3.95. The summed E-state index contributed by atoms with van der Waals surface area (Å²) in [6, 6.07) is 6.03.